The van der Waals surface area contributed by atoms with E-state index in [9.17, 15) is 8.78 Å². The first-order valence-corrected chi connectivity index (χ1v) is 6.75. The molecule has 2 rings (SSSR count). The van der Waals surface area contributed by atoms with E-state index in [0.717, 1.165) is 12.0 Å². The van der Waals surface area contributed by atoms with Gasteiger partial charge in [-0.15, -0.1) is 0 Å². The third-order valence-electron chi connectivity index (χ3n) is 4.04. The van der Waals surface area contributed by atoms with Crippen LogP contribution < -0.4 is 0 Å². The van der Waals surface area contributed by atoms with Crippen LogP contribution in [0.4, 0.5) is 8.78 Å². The standard InChI is InChI=1S/C15H21F2NO/c1-11(12-6-4-3-5-7-12)18-9-8-13(19-2)10-14(18)15(16)17/h3-7,11,13-15H,8-10H2,1-2H3/t11-,13?,14-/m1/s1. The van der Waals surface area contributed by atoms with Gasteiger partial charge >= 0.3 is 0 Å². The SMILES string of the molecule is COC1CCN([C@H](C)c2ccccc2)[C@@H](C(F)F)C1. The van der Waals surface area contributed by atoms with E-state index in [1.54, 1.807) is 7.11 Å². The first-order valence-electron chi connectivity index (χ1n) is 6.75. The molecule has 0 bridgehead atoms. The Morgan fingerprint density at radius 3 is 2.53 bits per heavy atom. The molecule has 0 aliphatic carbocycles. The van der Waals surface area contributed by atoms with Gasteiger partial charge in [0.2, 0.25) is 0 Å². The number of methoxy groups -OCH3 is 1. The molecule has 1 aromatic rings. The molecule has 2 nitrogen and oxygen atoms in total. The van der Waals surface area contributed by atoms with Crippen LogP contribution in [0.15, 0.2) is 30.3 Å². The Balaban J connectivity index is 2.13. The van der Waals surface area contributed by atoms with Crippen LogP contribution in [0.25, 0.3) is 0 Å². The maximum atomic E-state index is 13.3. The molecular weight excluding hydrogens is 248 g/mol. The number of nitrogens with zero attached hydrogens (tertiary/aromatic N) is 1. The van der Waals surface area contributed by atoms with Gasteiger partial charge in [-0.05, 0) is 25.3 Å². The van der Waals surface area contributed by atoms with E-state index >= 15 is 0 Å². The van der Waals surface area contributed by atoms with Gasteiger partial charge in [0.15, 0.2) is 0 Å². The number of benzene rings is 1. The van der Waals surface area contributed by atoms with Crippen molar-refractivity contribution in [3.63, 3.8) is 0 Å². The van der Waals surface area contributed by atoms with E-state index in [1.165, 1.54) is 0 Å². The van der Waals surface area contributed by atoms with Crippen molar-refractivity contribution in [1.29, 1.82) is 0 Å². The molecule has 0 saturated carbocycles. The van der Waals surface area contributed by atoms with Crippen LogP contribution in [0.3, 0.4) is 0 Å². The highest BCUT2D eigenvalue weighted by molar-refractivity contribution is 5.18. The summed E-state index contributed by atoms with van der Waals surface area (Å²) in [6.45, 7) is 2.65. The molecule has 1 aliphatic heterocycles. The molecular formula is C15H21F2NO. The highest BCUT2D eigenvalue weighted by atomic mass is 19.3. The van der Waals surface area contributed by atoms with Crippen molar-refractivity contribution in [2.75, 3.05) is 13.7 Å². The predicted octanol–water partition coefficient (Wildman–Crippen LogP) is 3.49. The van der Waals surface area contributed by atoms with Gasteiger partial charge in [0.05, 0.1) is 12.1 Å². The van der Waals surface area contributed by atoms with Crippen molar-refractivity contribution in [3.05, 3.63) is 35.9 Å². The number of alkyl halides is 2. The van der Waals surface area contributed by atoms with Gasteiger partial charge < -0.3 is 4.74 Å². The minimum absolute atomic E-state index is 0.0120. The molecule has 1 unspecified atom stereocenters. The highest BCUT2D eigenvalue weighted by Gasteiger charge is 2.37. The lowest BCUT2D eigenvalue weighted by Crippen LogP contribution is -2.49. The number of halogens is 2. The summed E-state index contributed by atoms with van der Waals surface area (Å²) < 4.78 is 31.8. The Hall–Kier alpha value is -1.00. The summed E-state index contributed by atoms with van der Waals surface area (Å²) in [6, 6.07) is 9.13. The fourth-order valence-electron chi connectivity index (χ4n) is 2.85. The summed E-state index contributed by atoms with van der Waals surface area (Å²) in [4.78, 5) is 1.91. The molecule has 1 heterocycles. The topological polar surface area (TPSA) is 12.5 Å². The molecule has 19 heavy (non-hydrogen) atoms. The van der Waals surface area contributed by atoms with Gasteiger partial charge in [-0.1, -0.05) is 30.3 Å². The summed E-state index contributed by atoms with van der Waals surface area (Å²) >= 11 is 0. The fourth-order valence-corrected chi connectivity index (χ4v) is 2.85. The fraction of sp³-hybridized carbons (Fsp3) is 0.600. The molecule has 0 aromatic heterocycles. The van der Waals surface area contributed by atoms with Gasteiger partial charge in [0, 0.05) is 19.7 Å². The van der Waals surface area contributed by atoms with Crippen LogP contribution in [-0.4, -0.2) is 37.1 Å². The summed E-state index contributed by atoms with van der Waals surface area (Å²) in [5, 5.41) is 0. The zero-order valence-electron chi connectivity index (χ0n) is 11.4. The molecule has 1 aromatic carbocycles. The van der Waals surface area contributed by atoms with E-state index in [-0.39, 0.29) is 12.1 Å². The summed E-state index contributed by atoms with van der Waals surface area (Å²) in [5.74, 6) is 0. The molecule has 0 amide bonds. The molecule has 0 spiro atoms. The van der Waals surface area contributed by atoms with E-state index in [4.69, 9.17) is 4.74 Å². The lowest BCUT2D eigenvalue weighted by Gasteiger charge is -2.42. The van der Waals surface area contributed by atoms with Crippen LogP contribution >= 0.6 is 0 Å². The van der Waals surface area contributed by atoms with Crippen molar-refractivity contribution >= 4 is 0 Å². The first kappa shape index (κ1) is 14.4. The Labute approximate surface area is 113 Å². The number of hydrogen-bond acceptors (Lipinski definition) is 2. The summed E-state index contributed by atoms with van der Waals surface area (Å²) in [7, 11) is 1.60. The van der Waals surface area contributed by atoms with Crippen LogP contribution in [0.1, 0.15) is 31.4 Å². The van der Waals surface area contributed by atoms with Gasteiger partial charge in [0.25, 0.3) is 6.43 Å². The molecule has 1 fully saturated rings. The quantitative estimate of drug-likeness (QED) is 0.829. The van der Waals surface area contributed by atoms with E-state index in [0.29, 0.717) is 13.0 Å². The number of ether oxygens (including phenoxy) is 1. The Morgan fingerprint density at radius 2 is 1.95 bits per heavy atom. The van der Waals surface area contributed by atoms with E-state index in [1.807, 2.05) is 42.2 Å². The number of rotatable bonds is 4. The summed E-state index contributed by atoms with van der Waals surface area (Å²) in [6.07, 6.45) is -1.15. The average Bonchev–Trinajstić information content (AvgIpc) is 2.46. The zero-order valence-corrected chi connectivity index (χ0v) is 11.4. The highest BCUT2D eigenvalue weighted by Crippen LogP contribution is 2.32. The van der Waals surface area contributed by atoms with Crippen molar-refractivity contribution in [2.24, 2.45) is 0 Å². The molecule has 3 atom stereocenters. The van der Waals surface area contributed by atoms with E-state index in [2.05, 4.69) is 0 Å². The number of likely N-dealkylation sites (tertiary alicyclic amines) is 1. The molecule has 1 aliphatic rings. The monoisotopic (exact) mass is 269 g/mol. The third kappa shape index (κ3) is 3.31. The summed E-state index contributed by atoms with van der Waals surface area (Å²) in [5.41, 5.74) is 1.09. The zero-order chi connectivity index (χ0) is 13.8. The Morgan fingerprint density at radius 1 is 1.26 bits per heavy atom. The minimum Gasteiger partial charge on any atom is -0.381 e. The van der Waals surface area contributed by atoms with Crippen molar-refractivity contribution in [2.45, 2.75) is 44.4 Å². The lowest BCUT2D eigenvalue weighted by molar-refractivity contribution is -0.0626. The Kier molecular flexibility index (Phi) is 4.88. The maximum absolute atomic E-state index is 13.3. The second-order valence-electron chi connectivity index (χ2n) is 5.11. The predicted molar refractivity (Wildman–Crippen MR) is 71.4 cm³/mol. The smallest absolute Gasteiger partial charge is 0.254 e. The average molecular weight is 269 g/mol. The second-order valence-corrected chi connectivity index (χ2v) is 5.11. The Bertz CT molecular complexity index is 385. The first-order chi connectivity index (χ1) is 9.13. The molecule has 106 valence electrons. The van der Waals surface area contributed by atoms with Crippen LogP contribution in [0.2, 0.25) is 0 Å². The molecule has 4 heteroatoms. The molecule has 0 N–H and O–H groups in total. The number of hydrogen-bond donors (Lipinski definition) is 0. The van der Waals surface area contributed by atoms with Crippen molar-refractivity contribution in [3.8, 4) is 0 Å². The van der Waals surface area contributed by atoms with E-state index < -0.39 is 12.5 Å². The minimum atomic E-state index is -2.33. The van der Waals surface area contributed by atoms with Crippen molar-refractivity contribution < 1.29 is 13.5 Å². The maximum Gasteiger partial charge on any atom is 0.254 e. The van der Waals surface area contributed by atoms with Gasteiger partial charge in [-0.25, -0.2) is 8.78 Å². The van der Waals surface area contributed by atoms with Crippen LogP contribution in [0.5, 0.6) is 0 Å². The normalized spacial score (nSPS) is 26.6. The molecule has 0 radical (unpaired) electrons. The molecule has 1 saturated heterocycles. The van der Waals surface area contributed by atoms with Gasteiger partial charge in [0.1, 0.15) is 0 Å². The van der Waals surface area contributed by atoms with Gasteiger partial charge in [-0.2, -0.15) is 0 Å². The second kappa shape index (κ2) is 6.44. The lowest BCUT2D eigenvalue weighted by atomic mass is 9.95. The largest absolute Gasteiger partial charge is 0.381 e. The number of piperidine rings is 1. The van der Waals surface area contributed by atoms with Crippen molar-refractivity contribution in [1.82, 2.24) is 4.90 Å². The van der Waals surface area contributed by atoms with Crippen LogP contribution in [0, 0.1) is 0 Å². The van der Waals surface area contributed by atoms with Gasteiger partial charge in [-0.3, -0.25) is 4.90 Å². The van der Waals surface area contributed by atoms with Crippen LogP contribution in [-0.2, 0) is 4.74 Å². The third-order valence-corrected chi connectivity index (χ3v) is 4.04.